The van der Waals surface area contributed by atoms with Gasteiger partial charge in [0.1, 0.15) is 17.1 Å². The molecule has 0 unspecified atom stereocenters. The van der Waals surface area contributed by atoms with E-state index in [0.717, 1.165) is 6.07 Å². The zero-order valence-corrected chi connectivity index (χ0v) is 8.74. The summed E-state index contributed by atoms with van der Waals surface area (Å²) in [6.45, 7) is 1.73. The van der Waals surface area contributed by atoms with Crippen molar-refractivity contribution in [3.05, 3.63) is 29.6 Å². The van der Waals surface area contributed by atoms with Gasteiger partial charge >= 0.3 is 5.97 Å². The highest BCUT2D eigenvalue weighted by Gasteiger charge is 2.43. The molecule has 1 aromatic rings. The van der Waals surface area contributed by atoms with E-state index in [1.165, 1.54) is 12.1 Å². The fraction of sp³-hybridized carbons (Fsp3) is 0.364. The molecule has 0 radical (unpaired) electrons. The minimum Gasteiger partial charge on any atom is -0.490 e. The van der Waals surface area contributed by atoms with Crippen molar-refractivity contribution < 1.29 is 19.0 Å². The summed E-state index contributed by atoms with van der Waals surface area (Å²) in [6.07, 6.45) is -0.183. The maximum Gasteiger partial charge on any atom is 0.328 e. The van der Waals surface area contributed by atoms with Crippen LogP contribution in [0, 0.1) is 5.82 Å². The summed E-state index contributed by atoms with van der Waals surface area (Å²) in [6, 6.07) is 3.75. The van der Waals surface area contributed by atoms with E-state index in [9.17, 15) is 9.18 Å². The van der Waals surface area contributed by atoms with E-state index < -0.39 is 17.3 Å². The van der Waals surface area contributed by atoms with Gasteiger partial charge < -0.3 is 15.6 Å². The molecule has 0 aromatic heterocycles. The summed E-state index contributed by atoms with van der Waals surface area (Å²) in [5, 5.41) is 9.15. The number of aliphatic carboxylic acids is 1. The van der Waals surface area contributed by atoms with Crippen LogP contribution in [0.2, 0.25) is 0 Å². The van der Waals surface area contributed by atoms with Gasteiger partial charge in [0, 0.05) is 12.0 Å². The number of hydrogen-bond acceptors (Lipinski definition) is 3. The Morgan fingerprint density at radius 2 is 2.38 bits per heavy atom. The second kappa shape index (κ2) is 3.45. The Morgan fingerprint density at radius 1 is 1.69 bits per heavy atom. The van der Waals surface area contributed by atoms with Crippen LogP contribution in [-0.2, 0) is 10.3 Å². The van der Waals surface area contributed by atoms with E-state index in [0.29, 0.717) is 5.75 Å². The smallest absolute Gasteiger partial charge is 0.328 e. The Bertz CT molecular complexity index is 449. The van der Waals surface area contributed by atoms with Gasteiger partial charge in [0.15, 0.2) is 0 Å². The quantitative estimate of drug-likeness (QED) is 0.754. The molecule has 2 rings (SSSR count). The summed E-state index contributed by atoms with van der Waals surface area (Å²) in [7, 11) is 0. The second-order valence-corrected chi connectivity index (χ2v) is 4.05. The Balaban J connectivity index is 2.60. The summed E-state index contributed by atoms with van der Waals surface area (Å²) in [5.41, 5.74) is 4.44. The van der Waals surface area contributed by atoms with Gasteiger partial charge in [-0.25, -0.2) is 9.18 Å². The molecule has 1 aromatic carbocycles. The SMILES string of the molecule is C[C@@H]1C[C@@](N)(C(=O)O)c2cc(F)ccc2O1. The third kappa shape index (κ3) is 1.53. The number of fused-ring (bicyclic) bond motifs is 1. The molecular weight excluding hydrogens is 213 g/mol. The molecule has 0 amide bonds. The zero-order valence-electron chi connectivity index (χ0n) is 8.74. The van der Waals surface area contributed by atoms with Crippen LogP contribution in [0.1, 0.15) is 18.9 Å². The first-order valence-electron chi connectivity index (χ1n) is 4.92. The van der Waals surface area contributed by atoms with Gasteiger partial charge in [0.25, 0.3) is 0 Å². The summed E-state index contributed by atoms with van der Waals surface area (Å²) >= 11 is 0. The summed E-state index contributed by atoms with van der Waals surface area (Å²) in [4.78, 5) is 11.2. The minimum absolute atomic E-state index is 0.124. The molecule has 5 heteroatoms. The van der Waals surface area contributed by atoms with E-state index in [4.69, 9.17) is 15.6 Å². The number of ether oxygens (including phenoxy) is 1. The lowest BCUT2D eigenvalue weighted by Crippen LogP contribution is -2.50. The number of nitrogens with two attached hydrogens (primary N) is 1. The molecule has 2 atom stereocenters. The first kappa shape index (κ1) is 10.9. The Hall–Kier alpha value is -1.62. The van der Waals surface area contributed by atoms with Crippen LogP contribution >= 0.6 is 0 Å². The van der Waals surface area contributed by atoms with Gasteiger partial charge in [0.05, 0.1) is 6.10 Å². The highest BCUT2D eigenvalue weighted by atomic mass is 19.1. The van der Waals surface area contributed by atoms with Crippen LogP contribution in [0.25, 0.3) is 0 Å². The summed E-state index contributed by atoms with van der Waals surface area (Å²) < 4.78 is 18.5. The molecular formula is C11H12FNO3. The lowest BCUT2D eigenvalue weighted by Gasteiger charge is -2.35. The first-order valence-corrected chi connectivity index (χ1v) is 4.92. The number of carboxylic acids is 1. The normalized spacial score (nSPS) is 28.1. The zero-order chi connectivity index (χ0) is 11.9. The predicted molar refractivity (Wildman–Crippen MR) is 54.6 cm³/mol. The molecule has 1 aliphatic heterocycles. The molecule has 0 fully saturated rings. The van der Waals surface area contributed by atoms with E-state index >= 15 is 0 Å². The standard InChI is InChI=1S/C11H12FNO3/c1-6-5-11(13,10(14)15)8-4-7(12)2-3-9(8)16-6/h2-4,6H,5,13H2,1H3,(H,14,15)/t6-,11+/m1/s1. The highest BCUT2D eigenvalue weighted by Crippen LogP contribution is 2.38. The van der Waals surface area contributed by atoms with Crippen molar-refractivity contribution in [1.29, 1.82) is 0 Å². The molecule has 0 saturated heterocycles. The van der Waals surface area contributed by atoms with Crippen LogP contribution < -0.4 is 10.5 Å². The topological polar surface area (TPSA) is 72.6 Å². The lowest BCUT2D eigenvalue weighted by atomic mass is 9.83. The van der Waals surface area contributed by atoms with Gasteiger partial charge in [-0.2, -0.15) is 0 Å². The summed E-state index contributed by atoms with van der Waals surface area (Å²) in [5.74, 6) is -1.35. The van der Waals surface area contributed by atoms with Crippen molar-refractivity contribution in [2.75, 3.05) is 0 Å². The molecule has 0 aliphatic carbocycles. The average Bonchev–Trinajstić information content (AvgIpc) is 2.19. The van der Waals surface area contributed by atoms with Gasteiger partial charge in [-0.3, -0.25) is 0 Å². The third-order valence-corrected chi connectivity index (χ3v) is 2.74. The molecule has 16 heavy (non-hydrogen) atoms. The van der Waals surface area contributed by atoms with Crippen molar-refractivity contribution in [2.24, 2.45) is 5.73 Å². The van der Waals surface area contributed by atoms with Crippen LogP contribution in [0.15, 0.2) is 18.2 Å². The van der Waals surface area contributed by atoms with Crippen LogP contribution in [0.4, 0.5) is 4.39 Å². The molecule has 86 valence electrons. The average molecular weight is 225 g/mol. The number of benzene rings is 1. The van der Waals surface area contributed by atoms with Gasteiger partial charge in [-0.05, 0) is 25.1 Å². The molecule has 1 heterocycles. The molecule has 4 nitrogen and oxygen atoms in total. The largest absolute Gasteiger partial charge is 0.490 e. The van der Waals surface area contributed by atoms with E-state index in [-0.39, 0.29) is 18.1 Å². The van der Waals surface area contributed by atoms with Crippen molar-refractivity contribution in [2.45, 2.75) is 25.0 Å². The molecule has 0 saturated carbocycles. The number of carboxylic acid groups (broad SMARTS) is 1. The number of rotatable bonds is 1. The van der Waals surface area contributed by atoms with Crippen LogP contribution in [0.5, 0.6) is 5.75 Å². The predicted octanol–water partition coefficient (Wildman–Crippen LogP) is 1.24. The van der Waals surface area contributed by atoms with Gasteiger partial charge in [0.2, 0.25) is 0 Å². The maximum absolute atomic E-state index is 13.1. The fourth-order valence-electron chi connectivity index (χ4n) is 1.98. The van der Waals surface area contributed by atoms with E-state index in [2.05, 4.69) is 0 Å². The first-order chi connectivity index (χ1) is 7.43. The van der Waals surface area contributed by atoms with Crippen molar-refractivity contribution in [3.63, 3.8) is 0 Å². The lowest BCUT2D eigenvalue weighted by molar-refractivity contribution is -0.145. The molecule has 1 aliphatic rings. The van der Waals surface area contributed by atoms with E-state index in [1.54, 1.807) is 6.92 Å². The number of halogens is 1. The second-order valence-electron chi connectivity index (χ2n) is 4.05. The van der Waals surface area contributed by atoms with Crippen LogP contribution in [-0.4, -0.2) is 17.2 Å². The molecule has 0 bridgehead atoms. The van der Waals surface area contributed by atoms with Gasteiger partial charge in [-0.15, -0.1) is 0 Å². The van der Waals surface area contributed by atoms with Crippen molar-refractivity contribution in [3.8, 4) is 5.75 Å². The Kier molecular flexibility index (Phi) is 2.35. The third-order valence-electron chi connectivity index (χ3n) is 2.74. The molecule has 3 N–H and O–H groups in total. The van der Waals surface area contributed by atoms with Crippen molar-refractivity contribution in [1.82, 2.24) is 0 Å². The maximum atomic E-state index is 13.1. The fourth-order valence-corrected chi connectivity index (χ4v) is 1.98. The minimum atomic E-state index is -1.57. The van der Waals surface area contributed by atoms with Crippen LogP contribution in [0.3, 0.4) is 0 Å². The Morgan fingerprint density at radius 3 is 3.00 bits per heavy atom. The number of carbonyl (C=O) groups is 1. The van der Waals surface area contributed by atoms with Gasteiger partial charge in [-0.1, -0.05) is 0 Å². The van der Waals surface area contributed by atoms with Crippen molar-refractivity contribution >= 4 is 5.97 Å². The highest BCUT2D eigenvalue weighted by molar-refractivity contribution is 5.82. The molecule has 0 spiro atoms. The van der Waals surface area contributed by atoms with E-state index in [1.807, 2.05) is 0 Å². The Labute approximate surface area is 91.8 Å². The monoisotopic (exact) mass is 225 g/mol. The number of hydrogen-bond donors (Lipinski definition) is 2.